The molecule has 0 fully saturated rings. The van der Waals surface area contributed by atoms with Crippen molar-refractivity contribution in [2.24, 2.45) is 0 Å². The van der Waals surface area contributed by atoms with Gasteiger partial charge in [0, 0.05) is 0 Å². The van der Waals surface area contributed by atoms with Gasteiger partial charge in [0.1, 0.15) is 0 Å². The second kappa shape index (κ2) is 5.50. The highest BCUT2D eigenvalue weighted by Gasteiger charge is 2.03. The summed E-state index contributed by atoms with van der Waals surface area (Å²) in [5.41, 5.74) is 0. The third-order valence-corrected chi connectivity index (χ3v) is 1.81. The SMILES string of the molecule is COc1ccccc1OCCC(=O)Cl. The summed E-state index contributed by atoms with van der Waals surface area (Å²) in [5.74, 6) is 1.27. The van der Waals surface area contributed by atoms with Crippen LogP contribution in [0.25, 0.3) is 0 Å². The van der Waals surface area contributed by atoms with Crippen LogP contribution in [0, 0.1) is 0 Å². The van der Waals surface area contributed by atoms with Crippen molar-refractivity contribution in [2.45, 2.75) is 6.42 Å². The molecule has 0 atom stereocenters. The molecule has 3 nitrogen and oxygen atoms in total. The van der Waals surface area contributed by atoms with E-state index in [1.54, 1.807) is 19.2 Å². The van der Waals surface area contributed by atoms with Crippen molar-refractivity contribution in [3.05, 3.63) is 24.3 Å². The van der Waals surface area contributed by atoms with E-state index in [0.29, 0.717) is 11.5 Å². The molecular formula is C10H11ClO3. The number of hydrogen-bond acceptors (Lipinski definition) is 3. The average Bonchev–Trinajstić information content (AvgIpc) is 2.18. The molecule has 4 heteroatoms. The molecule has 0 N–H and O–H groups in total. The van der Waals surface area contributed by atoms with Gasteiger partial charge in [-0.15, -0.1) is 0 Å². The van der Waals surface area contributed by atoms with E-state index in [4.69, 9.17) is 21.1 Å². The molecule has 14 heavy (non-hydrogen) atoms. The number of para-hydroxylation sites is 2. The van der Waals surface area contributed by atoms with Gasteiger partial charge in [0.15, 0.2) is 11.5 Å². The maximum absolute atomic E-state index is 10.4. The van der Waals surface area contributed by atoms with E-state index in [1.807, 2.05) is 12.1 Å². The summed E-state index contributed by atoms with van der Waals surface area (Å²) < 4.78 is 10.4. The van der Waals surface area contributed by atoms with Crippen molar-refractivity contribution in [1.29, 1.82) is 0 Å². The maximum atomic E-state index is 10.4. The zero-order chi connectivity index (χ0) is 10.4. The molecule has 0 radical (unpaired) electrons. The van der Waals surface area contributed by atoms with Crippen LogP contribution in [0.1, 0.15) is 6.42 Å². The topological polar surface area (TPSA) is 35.5 Å². The molecule has 0 heterocycles. The van der Waals surface area contributed by atoms with E-state index in [0.717, 1.165) is 0 Å². The first-order valence-corrected chi connectivity index (χ1v) is 4.56. The molecule has 0 saturated heterocycles. The molecule has 0 saturated carbocycles. The van der Waals surface area contributed by atoms with Crippen molar-refractivity contribution >= 4 is 16.8 Å². The van der Waals surface area contributed by atoms with Crippen LogP contribution < -0.4 is 9.47 Å². The number of hydrogen-bond donors (Lipinski definition) is 0. The molecule has 1 rings (SSSR count). The fraction of sp³-hybridized carbons (Fsp3) is 0.300. The Morgan fingerprint density at radius 2 is 2.00 bits per heavy atom. The lowest BCUT2D eigenvalue weighted by molar-refractivity contribution is -0.112. The molecule has 0 amide bonds. The third kappa shape index (κ3) is 3.26. The van der Waals surface area contributed by atoms with Gasteiger partial charge in [-0.05, 0) is 23.7 Å². The van der Waals surface area contributed by atoms with Crippen LogP contribution in [-0.2, 0) is 4.79 Å². The van der Waals surface area contributed by atoms with Crippen LogP contribution in [0.15, 0.2) is 24.3 Å². The molecule has 1 aromatic rings. The van der Waals surface area contributed by atoms with Gasteiger partial charge in [0.05, 0.1) is 20.1 Å². The van der Waals surface area contributed by atoms with Crippen LogP contribution in [0.5, 0.6) is 11.5 Å². The van der Waals surface area contributed by atoms with Gasteiger partial charge in [-0.1, -0.05) is 12.1 Å². The maximum Gasteiger partial charge on any atom is 0.225 e. The molecule has 0 unspecified atom stereocenters. The van der Waals surface area contributed by atoms with Crippen LogP contribution >= 0.6 is 11.6 Å². The number of carbonyl (C=O) groups is 1. The van der Waals surface area contributed by atoms with Crippen LogP contribution in [0.2, 0.25) is 0 Å². The molecular weight excluding hydrogens is 204 g/mol. The second-order valence-corrected chi connectivity index (χ2v) is 3.03. The molecule has 0 bridgehead atoms. The first kappa shape index (κ1) is 10.9. The number of benzene rings is 1. The Kier molecular flexibility index (Phi) is 4.26. The Bertz CT molecular complexity index is 312. The Morgan fingerprint density at radius 3 is 2.57 bits per heavy atom. The van der Waals surface area contributed by atoms with E-state index in [2.05, 4.69) is 0 Å². The molecule has 0 aliphatic carbocycles. The summed E-state index contributed by atoms with van der Waals surface area (Å²) in [6.07, 6.45) is 0.194. The minimum absolute atomic E-state index is 0.194. The number of rotatable bonds is 5. The lowest BCUT2D eigenvalue weighted by Crippen LogP contribution is -2.02. The van der Waals surface area contributed by atoms with Crippen LogP contribution in [0.4, 0.5) is 0 Å². The van der Waals surface area contributed by atoms with E-state index < -0.39 is 5.24 Å². The Hall–Kier alpha value is -1.22. The smallest absolute Gasteiger partial charge is 0.225 e. The normalized spacial score (nSPS) is 9.57. The van der Waals surface area contributed by atoms with Gasteiger partial charge in [-0.3, -0.25) is 4.79 Å². The second-order valence-electron chi connectivity index (χ2n) is 2.60. The fourth-order valence-electron chi connectivity index (χ4n) is 0.979. The molecule has 0 spiro atoms. The number of carbonyl (C=O) groups excluding carboxylic acids is 1. The Balaban J connectivity index is 2.53. The number of methoxy groups -OCH3 is 1. The van der Waals surface area contributed by atoms with Gasteiger partial charge < -0.3 is 9.47 Å². The van der Waals surface area contributed by atoms with Gasteiger partial charge >= 0.3 is 0 Å². The fourth-order valence-corrected chi connectivity index (χ4v) is 1.06. The lowest BCUT2D eigenvalue weighted by atomic mass is 10.3. The number of halogens is 1. The highest BCUT2D eigenvalue weighted by Crippen LogP contribution is 2.25. The van der Waals surface area contributed by atoms with Crippen molar-refractivity contribution in [2.75, 3.05) is 13.7 Å². The Morgan fingerprint density at radius 1 is 1.36 bits per heavy atom. The number of ether oxygens (including phenoxy) is 2. The van der Waals surface area contributed by atoms with Crippen LogP contribution in [-0.4, -0.2) is 19.0 Å². The summed E-state index contributed by atoms with van der Waals surface area (Å²) in [5, 5.41) is -0.403. The molecule has 1 aromatic carbocycles. The summed E-state index contributed by atoms with van der Waals surface area (Å²) in [7, 11) is 1.56. The average molecular weight is 215 g/mol. The standard InChI is InChI=1S/C10H11ClO3/c1-13-8-4-2-3-5-9(8)14-7-6-10(11)12/h2-5H,6-7H2,1H3. The monoisotopic (exact) mass is 214 g/mol. The van der Waals surface area contributed by atoms with Crippen molar-refractivity contribution in [3.63, 3.8) is 0 Å². The minimum atomic E-state index is -0.403. The van der Waals surface area contributed by atoms with Crippen molar-refractivity contribution < 1.29 is 14.3 Å². The molecule has 0 aromatic heterocycles. The zero-order valence-electron chi connectivity index (χ0n) is 7.83. The van der Waals surface area contributed by atoms with E-state index in [1.165, 1.54) is 0 Å². The van der Waals surface area contributed by atoms with Crippen LogP contribution in [0.3, 0.4) is 0 Å². The Labute approximate surface area is 87.6 Å². The summed E-state index contributed by atoms with van der Waals surface area (Å²) in [6.45, 7) is 0.267. The molecule has 0 aliphatic heterocycles. The summed E-state index contributed by atoms with van der Waals surface area (Å²) in [6, 6.07) is 7.24. The quantitative estimate of drug-likeness (QED) is 0.706. The minimum Gasteiger partial charge on any atom is -0.493 e. The van der Waals surface area contributed by atoms with E-state index in [9.17, 15) is 4.79 Å². The third-order valence-electron chi connectivity index (χ3n) is 1.63. The lowest BCUT2D eigenvalue weighted by Gasteiger charge is -2.08. The summed E-state index contributed by atoms with van der Waals surface area (Å²) >= 11 is 5.17. The highest BCUT2D eigenvalue weighted by atomic mass is 35.5. The van der Waals surface area contributed by atoms with Gasteiger partial charge in [0.2, 0.25) is 5.24 Å². The molecule has 76 valence electrons. The van der Waals surface area contributed by atoms with E-state index >= 15 is 0 Å². The van der Waals surface area contributed by atoms with Crippen molar-refractivity contribution in [3.8, 4) is 11.5 Å². The summed E-state index contributed by atoms with van der Waals surface area (Å²) in [4.78, 5) is 10.4. The van der Waals surface area contributed by atoms with Crippen molar-refractivity contribution in [1.82, 2.24) is 0 Å². The molecule has 0 aliphatic rings. The highest BCUT2D eigenvalue weighted by molar-refractivity contribution is 6.63. The van der Waals surface area contributed by atoms with Gasteiger partial charge in [-0.25, -0.2) is 0 Å². The van der Waals surface area contributed by atoms with Gasteiger partial charge in [0.25, 0.3) is 0 Å². The van der Waals surface area contributed by atoms with Gasteiger partial charge in [-0.2, -0.15) is 0 Å². The predicted molar refractivity (Wildman–Crippen MR) is 54.0 cm³/mol. The predicted octanol–water partition coefficient (Wildman–Crippen LogP) is 2.23. The first-order valence-electron chi connectivity index (χ1n) is 4.18. The first-order chi connectivity index (χ1) is 6.74. The van der Waals surface area contributed by atoms with E-state index in [-0.39, 0.29) is 13.0 Å². The zero-order valence-corrected chi connectivity index (χ0v) is 8.58. The largest absolute Gasteiger partial charge is 0.493 e.